The molecule has 18 heavy (non-hydrogen) atoms. The van der Waals surface area contributed by atoms with E-state index in [9.17, 15) is 9.90 Å². The molecule has 0 amide bonds. The molecule has 1 heterocycles. The van der Waals surface area contributed by atoms with Gasteiger partial charge in [-0.3, -0.25) is 9.69 Å². The first-order valence-corrected chi connectivity index (χ1v) is 6.21. The lowest BCUT2D eigenvalue weighted by Gasteiger charge is -2.16. The number of phenolic OH excluding ortho intramolecular Hbond substituents is 1. The fourth-order valence-electron chi connectivity index (χ4n) is 2.60. The van der Waals surface area contributed by atoms with Crippen molar-refractivity contribution in [2.24, 2.45) is 11.8 Å². The number of nitrogens with zero attached hydrogens (tertiary/aromatic N) is 1. The number of hydrogen-bond donors (Lipinski definition) is 2. The van der Waals surface area contributed by atoms with E-state index >= 15 is 0 Å². The smallest absolute Gasteiger partial charge is 0.308 e. The quantitative estimate of drug-likeness (QED) is 0.858. The minimum absolute atomic E-state index is 0.162. The Morgan fingerprint density at radius 2 is 2.17 bits per heavy atom. The predicted octanol–water partition coefficient (Wildman–Crippen LogP) is 1.85. The lowest BCUT2D eigenvalue weighted by Crippen LogP contribution is -2.23. The topological polar surface area (TPSA) is 60.8 Å². The van der Waals surface area contributed by atoms with Crippen molar-refractivity contribution < 1.29 is 15.0 Å². The summed E-state index contributed by atoms with van der Waals surface area (Å²) in [6.07, 6.45) is 0. The third kappa shape index (κ3) is 2.64. The molecule has 1 saturated heterocycles. The molecule has 98 valence electrons. The van der Waals surface area contributed by atoms with Gasteiger partial charge in [0.1, 0.15) is 5.75 Å². The van der Waals surface area contributed by atoms with E-state index in [0.29, 0.717) is 13.1 Å². The van der Waals surface area contributed by atoms with Gasteiger partial charge in [0.15, 0.2) is 0 Å². The standard InChI is InChI=1S/C14H19NO3/c1-9-3-4-13(16)11(5-9)7-15-6-10(2)12(8-15)14(17)18/h3-5,10,12,16H,6-8H2,1-2H3,(H,17,18). The molecule has 4 heteroatoms. The maximum absolute atomic E-state index is 11.1. The monoisotopic (exact) mass is 249 g/mol. The van der Waals surface area contributed by atoms with E-state index in [2.05, 4.69) is 4.90 Å². The van der Waals surface area contributed by atoms with E-state index < -0.39 is 5.97 Å². The highest BCUT2D eigenvalue weighted by Crippen LogP contribution is 2.27. The summed E-state index contributed by atoms with van der Waals surface area (Å²) in [5, 5.41) is 18.9. The van der Waals surface area contributed by atoms with Crippen LogP contribution >= 0.6 is 0 Å². The molecule has 2 N–H and O–H groups in total. The third-order valence-electron chi connectivity index (χ3n) is 3.63. The minimum atomic E-state index is -0.724. The maximum Gasteiger partial charge on any atom is 0.308 e. The summed E-state index contributed by atoms with van der Waals surface area (Å²) in [5.41, 5.74) is 1.97. The van der Waals surface area contributed by atoms with Crippen LogP contribution in [-0.2, 0) is 11.3 Å². The molecule has 1 aromatic carbocycles. The molecule has 2 atom stereocenters. The Balaban J connectivity index is 2.07. The molecule has 0 spiro atoms. The lowest BCUT2D eigenvalue weighted by atomic mass is 9.99. The molecule has 1 aliphatic heterocycles. The number of carboxylic acid groups (broad SMARTS) is 1. The van der Waals surface area contributed by atoms with Gasteiger partial charge in [-0.25, -0.2) is 0 Å². The zero-order chi connectivity index (χ0) is 13.3. The molecule has 0 saturated carbocycles. The van der Waals surface area contributed by atoms with Gasteiger partial charge in [-0.2, -0.15) is 0 Å². The van der Waals surface area contributed by atoms with Gasteiger partial charge < -0.3 is 10.2 Å². The number of aliphatic carboxylic acids is 1. The molecule has 4 nitrogen and oxygen atoms in total. The maximum atomic E-state index is 11.1. The van der Waals surface area contributed by atoms with Crippen LogP contribution in [0.5, 0.6) is 5.75 Å². The van der Waals surface area contributed by atoms with Crippen LogP contribution in [0, 0.1) is 18.8 Å². The van der Waals surface area contributed by atoms with Gasteiger partial charge in [-0.15, -0.1) is 0 Å². The number of aromatic hydroxyl groups is 1. The number of rotatable bonds is 3. The molecule has 2 unspecified atom stereocenters. The highest BCUT2D eigenvalue weighted by atomic mass is 16.4. The average Bonchev–Trinajstić information content (AvgIpc) is 2.65. The van der Waals surface area contributed by atoms with Crippen molar-refractivity contribution in [2.75, 3.05) is 13.1 Å². The van der Waals surface area contributed by atoms with E-state index in [4.69, 9.17) is 5.11 Å². The molecule has 1 aliphatic rings. The first-order valence-electron chi connectivity index (χ1n) is 6.21. The van der Waals surface area contributed by atoms with Gasteiger partial charge in [0.2, 0.25) is 0 Å². The van der Waals surface area contributed by atoms with E-state index in [-0.39, 0.29) is 17.6 Å². The van der Waals surface area contributed by atoms with E-state index in [0.717, 1.165) is 17.7 Å². The molecule has 0 bridgehead atoms. The summed E-state index contributed by atoms with van der Waals surface area (Å²) in [5.74, 6) is -0.572. The molecular weight excluding hydrogens is 230 g/mol. The second-order valence-electron chi connectivity index (χ2n) is 5.25. The number of likely N-dealkylation sites (tertiary alicyclic amines) is 1. The minimum Gasteiger partial charge on any atom is -0.508 e. The fourth-order valence-corrected chi connectivity index (χ4v) is 2.60. The van der Waals surface area contributed by atoms with Crippen LogP contribution in [0.1, 0.15) is 18.1 Å². The molecule has 0 aliphatic carbocycles. The summed E-state index contributed by atoms with van der Waals surface area (Å²) >= 11 is 0. The summed E-state index contributed by atoms with van der Waals surface area (Å²) < 4.78 is 0. The van der Waals surface area contributed by atoms with E-state index in [1.165, 1.54) is 0 Å². The van der Waals surface area contributed by atoms with Gasteiger partial charge in [-0.1, -0.05) is 24.6 Å². The Hall–Kier alpha value is -1.55. The van der Waals surface area contributed by atoms with Crippen LogP contribution in [0.2, 0.25) is 0 Å². The van der Waals surface area contributed by atoms with Crippen molar-refractivity contribution >= 4 is 5.97 Å². The summed E-state index contributed by atoms with van der Waals surface area (Å²) in [6.45, 7) is 5.89. The normalized spacial score (nSPS) is 24.3. The van der Waals surface area contributed by atoms with Crippen molar-refractivity contribution in [3.8, 4) is 5.75 Å². The van der Waals surface area contributed by atoms with Crippen LogP contribution in [0.25, 0.3) is 0 Å². The second kappa shape index (κ2) is 4.98. The first-order chi connectivity index (χ1) is 8.47. The zero-order valence-electron chi connectivity index (χ0n) is 10.8. The van der Waals surface area contributed by atoms with E-state index in [1.807, 2.05) is 26.0 Å². The predicted molar refractivity (Wildman–Crippen MR) is 68.4 cm³/mol. The van der Waals surface area contributed by atoms with Crippen LogP contribution in [-0.4, -0.2) is 34.2 Å². The van der Waals surface area contributed by atoms with Crippen molar-refractivity contribution in [3.63, 3.8) is 0 Å². The molecule has 0 aromatic heterocycles. The third-order valence-corrected chi connectivity index (χ3v) is 3.63. The number of phenols is 1. The Morgan fingerprint density at radius 1 is 1.44 bits per heavy atom. The molecule has 1 fully saturated rings. The van der Waals surface area contributed by atoms with Crippen LogP contribution < -0.4 is 0 Å². The second-order valence-corrected chi connectivity index (χ2v) is 5.25. The van der Waals surface area contributed by atoms with Crippen molar-refractivity contribution in [1.82, 2.24) is 4.90 Å². The number of hydrogen-bond acceptors (Lipinski definition) is 3. The van der Waals surface area contributed by atoms with Crippen LogP contribution in [0.15, 0.2) is 18.2 Å². The Bertz CT molecular complexity index is 458. The van der Waals surface area contributed by atoms with Gasteiger partial charge in [0, 0.05) is 25.2 Å². The Kier molecular flexibility index (Phi) is 3.57. The zero-order valence-corrected chi connectivity index (χ0v) is 10.8. The fraction of sp³-hybridized carbons (Fsp3) is 0.500. The Morgan fingerprint density at radius 3 is 2.78 bits per heavy atom. The molecule has 1 aromatic rings. The number of benzene rings is 1. The number of carbonyl (C=O) groups is 1. The molecule has 0 radical (unpaired) electrons. The Labute approximate surface area is 107 Å². The van der Waals surface area contributed by atoms with Gasteiger partial charge in [0.25, 0.3) is 0 Å². The van der Waals surface area contributed by atoms with Crippen LogP contribution in [0.3, 0.4) is 0 Å². The number of carboxylic acids is 1. The molecule has 2 rings (SSSR count). The summed E-state index contributed by atoms with van der Waals surface area (Å²) in [4.78, 5) is 13.2. The SMILES string of the molecule is Cc1ccc(O)c(CN2CC(C)C(C(=O)O)C2)c1. The number of aryl methyl sites for hydroxylation is 1. The lowest BCUT2D eigenvalue weighted by molar-refractivity contribution is -0.142. The van der Waals surface area contributed by atoms with Gasteiger partial charge >= 0.3 is 5.97 Å². The van der Waals surface area contributed by atoms with Crippen molar-refractivity contribution in [1.29, 1.82) is 0 Å². The summed E-state index contributed by atoms with van der Waals surface area (Å²) in [7, 11) is 0. The van der Waals surface area contributed by atoms with Crippen LogP contribution in [0.4, 0.5) is 0 Å². The first kappa shape index (κ1) is 12.9. The molecular formula is C14H19NO3. The largest absolute Gasteiger partial charge is 0.508 e. The van der Waals surface area contributed by atoms with Crippen molar-refractivity contribution in [2.45, 2.75) is 20.4 Å². The summed E-state index contributed by atoms with van der Waals surface area (Å²) in [6, 6.07) is 5.51. The highest BCUT2D eigenvalue weighted by molar-refractivity contribution is 5.71. The van der Waals surface area contributed by atoms with E-state index in [1.54, 1.807) is 6.07 Å². The highest BCUT2D eigenvalue weighted by Gasteiger charge is 2.34. The average molecular weight is 249 g/mol. The van der Waals surface area contributed by atoms with Gasteiger partial charge in [0.05, 0.1) is 5.92 Å². The van der Waals surface area contributed by atoms with Crippen molar-refractivity contribution in [3.05, 3.63) is 29.3 Å². The van der Waals surface area contributed by atoms with Gasteiger partial charge in [-0.05, 0) is 18.9 Å².